The molecule has 3 heteroatoms. The summed E-state index contributed by atoms with van der Waals surface area (Å²) in [6, 6.07) is 3.21. The predicted molar refractivity (Wildman–Crippen MR) is 84.1 cm³/mol. The lowest BCUT2D eigenvalue weighted by Crippen LogP contribution is -2.43. The van der Waals surface area contributed by atoms with Gasteiger partial charge in [-0.2, -0.15) is 0 Å². The average Bonchev–Trinajstić information content (AvgIpc) is 2.77. The number of nitrogens with zero attached hydrogens (tertiary/aromatic N) is 1. The molecule has 1 aliphatic heterocycles. The minimum atomic E-state index is 0.389. The normalized spacial score (nSPS) is 19.4. The molecule has 2 heterocycles. The molecule has 1 aliphatic rings. The summed E-state index contributed by atoms with van der Waals surface area (Å²) in [4.78, 5) is 2.61. The van der Waals surface area contributed by atoms with Crippen LogP contribution < -0.4 is 5.32 Å². The standard InChI is InChI=1S/C17H30N2O/c1-5-6-9-19-10-7-16(8-11-19)18-14(3)17-12-13(2)20-15(17)4/h12,14,16,18H,5-11H2,1-4H3. The first-order chi connectivity index (χ1) is 9.60. The van der Waals surface area contributed by atoms with E-state index in [1.807, 2.05) is 6.92 Å². The SMILES string of the molecule is CCCCN1CCC(NC(C)c2cc(C)oc2C)CC1. The summed E-state index contributed by atoms with van der Waals surface area (Å²) in [5.41, 5.74) is 1.32. The van der Waals surface area contributed by atoms with Crippen LogP contribution in [0.25, 0.3) is 0 Å². The molecule has 1 fully saturated rings. The monoisotopic (exact) mass is 278 g/mol. The number of rotatable bonds is 6. The van der Waals surface area contributed by atoms with Gasteiger partial charge >= 0.3 is 0 Å². The average molecular weight is 278 g/mol. The number of furan rings is 1. The van der Waals surface area contributed by atoms with Crippen LogP contribution in [-0.2, 0) is 0 Å². The lowest BCUT2D eigenvalue weighted by molar-refractivity contribution is 0.190. The minimum Gasteiger partial charge on any atom is -0.466 e. The van der Waals surface area contributed by atoms with E-state index in [0.29, 0.717) is 12.1 Å². The topological polar surface area (TPSA) is 28.4 Å². The van der Waals surface area contributed by atoms with Crippen LogP contribution in [0.5, 0.6) is 0 Å². The van der Waals surface area contributed by atoms with Crippen molar-refractivity contribution in [2.75, 3.05) is 19.6 Å². The number of unbranched alkanes of at least 4 members (excludes halogenated alkanes) is 1. The summed E-state index contributed by atoms with van der Waals surface area (Å²) in [7, 11) is 0. The Labute approximate surface area is 123 Å². The van der Waals surface area contributed by atoms with Crippen molar-refractivity contribution in [2.24, 2.45) is 0 Å². The Morgan fingerprint density at radius 3 is 2.60 bits per heavy atom. The number of hydrogen-bond acceptors (Lipinski definition) is 3. The summed E-state index contributed by atoms with van der Waals surface area (Å²) in [6.45, 7) is 12.4. The summed E-state index contributed by atoms with van der Waals surface area (Å²) in [5, 5.41) is 3.78. The zero-order chi connectivity index (χ0) is 14.5. The van der Waals surface area contributed by atoms with Crippen LogP contribution in [0.1, 0.15) is 62.7 Å². The Hall–Kier alpha value is -0.800. The van der Waals surface area contributed by atoms with Gasteiger partial charge in [-0.05, 0) is 65.7 Å². The first-order valence-corrected chi connectivity index (χ1v) is 8.15. The Bertz CT molecular complexity index is 405. The second kappa shape index (κ2) is 7.28. The van der Waals surface area contributed by atoms with Crippen molar-refractivity contribution in [1.29, 1.82) is 0 Å². The molecule has 0 aromatic carbocycles. The van der Waals surface area contributed by atoms with Gasteiger partial charge in [0.05, 0.1) is 0 Å². The fraction of sp³-hybridized carbons (Fsp3) is 0.765. The molecule has 1 saturated heterocycles. The first-order valence-electron chi connectivity index (χ1n) is 8.15. The van der Waals surface area contributed by atoms with Gasteiger partial charge in [-0.1, -0.05) is 13.3 Å². The molecule has 1 unspecified atom stereocenters. The van der Waals surface area contributed by atoms with Crippen molar-refractivity contribution >= 4 is 0 Å². The molecule has 0 bridgehead atoms. The van der Waals surface area contributed by atoms with Crippen LogP contribution in [0.2, 0.25) is 0 Å². The van der Waals surface area contributed by atoms with E-state index < -0.39 is 0 Å². The minimum absolute atomic E-state index is 0.389. The molecule has 114 valence electrons. The molecule has 1 aromatic rings. The highest BCUT2D eigenvalue weighted by Crippen LogP contribution is 2.23. The molecular weight excluding hydrogens is 248 g/mol. The van der Waals surface area contributed by atoms with Crippen LogP contribution in [0.15, 0.2) is 10.5 Å². The zero-order valence-electron chi connectivity index (χ0n) is 13.5. The molecule has 0 amide bonds. The fourth-order valence-corrected chi connectivity index (χ4v) is 3.23. The number of nitrogens with one attached hydrogen (secondary N) is 1. The number of likely N-dealkylation sites (tertiary alicyclic amines) is 1. The molecule has 3 nitrogen and oxygen atoms in total. The van der Waals surface area contributed by atoms with E-state index in [9.17, 15) is 0 Å². The highest BCUT2D eigenvalue weighted by molar-refractivity contribution is 5.23. The van der Waals surface area contributed by atoms with Crippen molar-refractivity contribution < 1.29 is 4.42 Å². The van der Waals surface area contributed by atoms with Crippen LogP contribution in [0.3, 0.4) is 0 Å². The van der Waals surface area contributed by atoms with Crippen LogP contribution in [0, 0.1) is 13.8 Å². The first kappa shape index (κ1) is 15.6. The molecule has 1 N–H and O–H groups in total. The number of hydrogen-bond donors (Lipinski definition) is 1. The van der Waals surface area contributed by atoms with Gasteiger partial charge in [0, 0.05) is 17.6 Å². The second-order valence-electron chi connectivity index (χ2n) is 6.23. The van der Waals surface area contributed by atoms with E-state index in [-0.39, 0.29) is 0 Å². The quantitative estimate of drug-likeness (QED) is 0.857. The lowest BCUT2D eigenvalue weighted by Gasteiger charge is -2.33. The summed E-state index contributed by atoms with van der Waals surface area (Å²) >= 11 is 0. The van der Waals surface area contributed by atoms with E-state index in [1.165, 1.54) is 50.9 Å². The third-order valence-corrected chi connectivity index (χ3v) is 4.45. The molecule has 0 spiro atoms. The summed E-state index contributed by atoms with van der Waals surface area (Å²) < 4.78 is 5.64. The van der Waals surface area contributed by atoms with Crippen molar-refractivity contribution in [2.45, 2.75) is 65.5 Å². The Morgan fingerprint density at radius 1 is 1.35 bits per heavy atom. The second-order valence-corrected chi connectivity index (χ2v) is 6.23. The summed E-state index contributed by atoms with van der Waals surface area (Å²) in [6.07, 6.45) is 5.17. The van der Waals surface area contributed by atoms with E-state index in [0.717, 1.165) is 11.5 Å². The predicted octanol–water partition coefficient (Wildman–Crippen LogP) is 3.81. The molecule has 0 radical (unpaired) electrons. The third-order valence-electron chi connectivity index (χ3n) is 4.45. The molecular formula is C17H30N2O. The molecule has 2 rings (SSSR count). The van der Waals surface area contributed by atoms with Gasteiger partial charge in [-0.15, -0.1) is 0 Å². The van der Waals surface area contributed by atoms with Crippen LogP contribution >= 0.6 is 0 Å². The molecule has 0 saturated carbocycles. The molecule has 1 atom stereocenters. The lowest BCUT2D eigenvalue weighted by atomic mass is 10.0. The molecule has 0 aliphatic carbocycles. The van der Waals surface area contributed by atoms with Crippen molar-refractivity contribution in [1.82, 2.24) is 10.2 Å². The number of piperidine rings is 1. The van der Waals surface area contributed by atoms with Gasteiger partial charge in [0.2, 0.25) is 0 Å². The van der Waals surface area contributed by atoms with Crippen LogP contribution in [-0.4, -0.2) is 30.6 Å². The van der Waals surface area contributed by atoms with E-state index in [2.05, 4.69) is 37.1 Å². The number of aryl methyl sites for hydroxylation is 2. The van der Waals surface area contributed by atoms with E-state index in [4.69, 9.17) is 4.42 Å². The maximum atomic E-state index is 5.64. The van der Waals surface area contributed by atoms with E-state index in [1.54, 1.807) is 0 Å². The van der Waals surface area contributed by atoms with Gasteiger partial charge in [0.1, 0.15) is 11.5 Å². The molecule has 1 aromatic heterocycles. The maximum absolute atomic E-state index is 5.64. The smallest absolute Gasteiger partial charge is 0.105 e. The highest BCUT2D eigenvalue weighted by Gasteiger charge is 2.21. The molecule has 20 heavy (non-hydrogen) atoms. The van der Waals surface area contributed by atoms with Gasteiger partial charge in [-0.3, -0.25) is 0 Å². The van der Waals surface area contributed by atoms with E-state index >= 15 is 0 Å². The van der Waals surface area contributed by atoms with Crippen LogP contribution in [0.4, 0.5) is 0 Å². The Balaban J connectivity index is 1.79. The van der Waals surface area contributed by atoms with Crippen molar-refractivity contribution in [3.63, 3.8) is 0 Å². The van der Waals surface area contributed by atoms with Crippen molar-refractivity contribution in [3.8, 4) is 0 Å². The van der Waals surface area contributed by atoms with Gasteiger partial charge < -0.3 is 14.6 Å². The Kier molecular flexibility index (Phi) is 5.67. The zero-order valence-corrected chi connectivity index (χ0v) is 13.5. The largest absolute Gasteiger partial charge is 0.466 e. The summed E-state index contributed by atoms with van der Waals surface area (Å²) in [5.74, 6) is 2.07. The Morgan fingerprint density at radius 2 is 2.05 bits per heavy atom. The van der Waals surface area contributed by atoms with Gasteiger partial charge in [0.15, 0.2) is 0 Å². The van der Waals surface area contributed by atoms with Gasteiger partial charge in [0.25, 0.3) is 0 Å². The third kappa shape index (κ3) is 4.10. The fourth-order valence-electron chi connectivity index (χ4n) is 3.23. The van der Waals surface area contributed by atoms with Crippen molar-refractivity contribution in [3.05, 3.63) is 23.2 Å². The van der Waals surface area contributed by atoms with Gasteiger partial charge in [-0.25, -0.2) is 0 Å². The maximum Gasteiger partial charge on any atom is 0.105 e. The highest BCUT2D eigenvalue weighted by atomic mass is 16.3.